The molecular weight excluding hydrogens is 198 g/mol. The highest BCUT2D eigenvalue weighted by molar-refractivity contribution is 4.92. The summed E-state index contributed by atoms with van der Waals surface area (Å²) < 4.78 is 0. The van der Waals surface area contributed by atoms with Crippen LogP contribution in [0.5, 0.6) is 0 Å². The van der Waals surface area contributed by atoms with Gasteiger partial charge in [0.2, 0.25) is 0 Å². The van der Waals surface area contributed by atoms with Crippen LogP contribution in [-0.2, 0) is 0 Å². The molecule has 3 heteroatoms. The van der Waals surface area contributed by atoms with Crippen molar-refractivity contribution in [3.05, 3.63) is 0 Å². The molecule has 2 saturated carbocycles. The number of nitrogens with two attached hydrogens (primary N) is 1. The zero-order chi connectivity index (χ0) is 11.0. The van der Waals surface area contributed by atoms with Gasteiger partial charge in [-0.2, -0.15) is 0 Å². The third-order valence-corrected chi connectivity index (χ3v) is 4.80. The Labute approximate surface area is 99.0 Å². The Kier molecular flexibility index (Phi) is 3.18. The first kappa shape index (κ1) is 11.0. The van der Waals surface area contributed by atoms with Crippen LogP contribution in [-0.4, -0.2) is 54.6 Å². The van der Waals surface area contributed by atoms with E-state index >= 15 is 0 Å². The van der Waals surface area contributed by atoms with Gasteiger partial charge in [0.15, 0.2) is 0 Å². The van der Waals surface area contributed by atoms with E-state index in [1.165, 1.54) is 58.3 Å². The molecule has 2 unspecified atom stereocenters. The van der Waals surface area contributed by atoms with Gasteiger partial charge in [-0.25, -0.2) is 0 Å². The van der Waals surface area contributed by atoms with Gasteiger partial charge in [-0.15, -0.1) is 0 Å². The predicted octanol–water partition coefficient (Wildman–Crippen LogP) is 0.894. The molecule has 0 radical (unpaired) electrons. The quantitative estimate of drug-likeness (QED) is 0.771. The van der Waals surface area contributed by atoms with Gasteiger partial charge in [0.1, 0.15) is 0 Å². The molecule has 1 heterocycles. The zero-order valence-corrected chi connectivity index (χ0v) is 10.3. The average Bonchev–Trinajstić information content (AvgIpc) is 3.07. The van der Waals surface area contributed by atoms with Crippen LogP contribution in [0.1, 0.15) is 32.1 Å². The Morgan fingerprint density at radius 2 is 1.56 bits per heavy atom. The van der Waals surface area contributed by atoms with Crippen molar-refractivity contribution in [1.82, 2.24) is 9.80 Å². The second-order valence-electron chi connectivity index (χ2n) is 5.80. The van der Waals surface area contributed by atoms with Gasteiger partial charge in [0.05, 0.1) is 0 Å². The fourth-order valence-corrected chi connectivity index (χ4v) is 3.65. The summed E-state index contributed by atoms with van der Waals surface area (Å²) in [6, 6.07) is 1.77. The molecule has 16 heavy (non-hydrogen) atoms. The Hall–Kier alpha value is -0.120. The van der Waals surface area contributed by atoms with E-state index in [-0.39, 0.29) is 0 Å². The van der Waals surface area contributed by atoms with Crippen molar-refractivity contribution in [3.8, 4) is 0 Å². The highest BCUT2D eigenvalue weighted by Crippen LogP contribution is 2.32. The fraction of sp³-hybridized carbons (Fsp3) is 1.00. The third kappa shape index (κ3) is 2.13. The molecule has 2 atom stereocenters. The summed E-state index contributed by atoms with van der Waals surface area (Å²) in [6.07, 6.45) is 7.06. The van der Waals surface area contributed by atoms with Crippen molar-refractivity contribution in [2.24, 2.45) is 11.7 Å². The normalized spacial score (nSPS) is 38.1. The van der Waals surface area contributed by atoms with E-state index in [2.05, 4.69) is 9.80 Å². The van der Waals surface area contributed by atoms with Gasteiger partial charge in [0.25, 0.3) is 0 Å². The SMILES string of the molecule is NCC1CCCC1N1CCN(C2CC2)CC1. The summed E-state index contributed by atoms with van der Waals surface area (Å²) in [6.45, 7) is 6.08. The molecule has 0 aromatic carbocycles. The monoisotopic (exact) mass is 223 g/mol. The molecule has 2 aliphatic carbocycles. The van der Waals surface area contributed by atoms with E-state index in [4.69, 9.17) is 5.73 Å². The molecule has 0 amide bonds. The molecule has 1 aliphatic heterocycles. The standard InChI is InChI=1S/C13H25N3/c14-10-11-2-1-3-13(11)16-8-6-15(7-9-16)12-4-5-12/h11-13H,1-10,14H2. The van der Waals surface area contributed by atoms with Crippen LogP contribution in [0.2, 0.25) is 0 Å². The highest BCUT2D eigenvalue weighted by Gasteiger charge is 2.36. The smallest absolute Gasteiger partial charge is 0.0137 e. The van der Waals surface area contributed by atoms with Crippen molar-refractivity contribution in [3.63, 3.8) is 0 Å². The first-order valence-electron chi connectivity index (χ1n) is 7.06. The van der Waals surface area contributed by atoms with Gasteiger partial charge >= 0.3 is 0 Å². The van der Waals surface area contributed by atoms with Crippen molar-refractivity contribution in [2.75, 3.05) is 32.7 Å². The van der Waals surface area contributed by atoms with E-state index in [1.54, 1.807) is 0 Å². The van der Waals surface area contributed by atoms with E-state index < -0.39 is 0 Å². The Morgan fingerprint density at radius 3 is 2.19 bits per heavy atom. The fourth-order valence-electron chi connectivity index (χ4n) is 3.65. The van der Waals surface area contributed by atoms with Gasteiger partial charge in [-0.3, -0.25) is 9.80 Å². The summed E-state index contributed by atoms with van der Waals surface area (Å²) in [7, 11) is 0. The van der Waals surface area contributed by atoms with Crippen LogP contribution in [0.3, 0.4) is 0 Å². The molecule has 3 fully saturated rings. The van der Waals surface area contributed by atoms with Crippen molar-refractivity contribution in [1.29, 1.82) is 0 Å². The first-order chi connectivity index (χ1) is 7.88. The molecule has 92 valence electrons. The summed E-state index contributed by atoms with van der Waals surface area (Å²) in [4.78, 5) is 5.42. The summed E-state index contributed by atoms with van der Waals surface area (Å²) in [5.41, 5.74) is 5.88. The minimum absolute atomic E-state index is 0.785. The average molecular weight is 223 g/mol. The Bertz CT molecular complexity index is 231. The molecular formula is C13H25N3. The largest absolute Gasteiger partial charge is 0.330 e. The molecule has 1 saturated heterocycles. The van der Waals surface area contributed by atoms with Crippen molar-refractivity contribution >= 4 is 0 Å². The van der Waals surface area contributed by atoms with Crippen LogP contribution in [0.15, 0.2) is 0 Å². The van der Waals surface area contributed by atoms with Gasteiger partial charge in [-0.1, -0.05) is 6.42 Å². The van der Waals surface area contributed by atoms with E-state index in [9.17, 15) is 0 Å². The predicted molar refractivity (Wildman–Crippen MR) is 66.4 cm³/mol. The van der Waals surface area contributed by atoms with Crippen LogP contribution in [0.4, 0.5) is 0 Å². The van der Waals surface area contributed by atoms with Crippen molar-refractivity contribution < 1.29 is 0 Å². The third-order valence-electron chi connectivity index (χ3n) is 4.80. The van der Waals surface area contributed by atoms with Crippen LogP contribution in [0, 0.1) is 5.92 Å². The first-order valence-corrected chi connectivity index (χ1v) is 7.06. The number of hydrogen-bond donors (Lipinski definition) is 1. The second-order valence-corrected chi connectivity index (χ2v) is 5.80. The summed E-state index contributed by atoms with van der Waals surface area (Å²) in [5, 5.41) is 0. The van der Waals surface area contributed by atoms with E-state index in [1.807, 2.05) is 0 Å². The lowest BCUT2D eigenvalue weighted by Crippen LogP contribution is -2.52. The number of hydrogen-bond acceptors (Lipinski definition) is 3. The minimum atomic E-state index is 0.785. The van der Waals surface area contributed by atoms with Crippen LogP contribution < -0.4 is 5.73 Å². The summed E-state index contributed by atoms with van der Waals surface area (Å²) in [5.74, 6) is 0.785. The maximum Gasteiger partial charge on any atom is 0.0137 e. The molecule has 0 spiro atoms. The maximum atomic E-state index is 5.88. The minimum Gasteiger partial charge on any atom is -0.330 e. The molecule has 0 aromatic heterocycles. The molecule has 0 aromatic rings. The topological polar surface area (TPSA) is 32.5 Å². The molecule has 3 rings (SSSR count). The zero-order valence-electron chi connectivity index (χ0n) is 10.3. The molecule has 3 aliphatic rings. The Morgan fingerprint density at radius 1 is 0.875 bits per heavy atom. The van der Waals surface area contributed by atoms with Crippen molar-refractivity contribution in [2.45, 2.75) is 44.2 Å². The highest BCUT2D eigenvalue weighted by atomic mass is 15.3. The lowest BCUT2D eigenvalue weighted by molar-refractivity contribution is 0.0769. The second kappa shape index (κ2) is 4.63. The number of piperazine rings is 1. The van der Waals surface area contributed by atoms with Gasteiger partial charge < -0.3 is 5.73 Å². The van der Waals surface area contributed by atoms with Gasteiger partial charge in [0, 0.05) is 38.3 Å². The van der Waals surface area contributed by atoms with Gasteiger partial charge in [-0.05, 0) is 38.1 Å². The molecule has 0 bridgehead atoms. The molecule has 3 nitrogen and oxygen atoms in total. The lowest BCUT2D eigenvalue weighted by Gasteiger charge is -2.40. The van der Waals surface area contributed by atoms with Crippen LogP contribution >= 0.6 is 0 Å². The number of nitrogens with zero attached hydrogens (tertiary/aromatic N) is 2. The van der Waals surface area contributed by atoms with Crippen LogP contribution in [0.25, 0.3) is 0 Å². The Balaban J connectivity index is 1.52. The maximum absolute atomic E-state index is 5.88. The number of rotatable bonds is 3. The molecule has 2 N–H and O–H groups in total. The summed E-state index contributed by atoms with van der Waals surface area (Å²) >= 11 is 0. The van der Waals surface area contributed by atoms with E-state index in [0.29, 0.717) is 0 Å². The lowest BCUT2D eigenvalue weighted by atomic mass is 10.0. The van der Waals surface area contributed by atoms with E-state index in [0.717, 1.165) is 24.5 Å².